The Balaban J connectivity index is 1.95. The van der Waals surface area contributed by atoms with Crippen LogP contribution in [-0.2, 0) is 9.32 Å². The highest BCUT2D eigenvalue weighted by Crippen LogP contribution is 2.34. The molecule has 1 atom stereocenters. The number of carbonyl (C=O) groups excluding carboxylic acids is 1. The molecule has 30 heavy (non-hydrogen) atoms. The summed E-state index contributed by atoms with van der Waals surface area (Å²) in [6.45, 7) is 6.31. The molecular formula is C24H26FNO2SSi. The molecule has 1 unspecified atom stereocenters. The first-order valence-corrected chi connectivity index (χ1v) is 14.1. The van der Waals surface area contributed by atoms with E-state index >= 15 is 0 Å². The fourth-order valence-corrected chi connectivity index (χ4v) is 4.63. The van der Waals surface area contributed by atoms with Crippen molar-refractivity contribution >= 4 is 30.9 Å². The molecule has 0 radical (unpaired) electrons. The van der Waals surface area contributed by atoms with Crippen molar-refractivity contribution in [1.29, 1.82) is 0 Å². The summed E-state index contributed by atoms with van der Waals surface area (Å²) in [5, 5.41) is 1.86. The molecule has 0 fully saturated rings. The average molecular weight is 440 g/mol. The van der Waals surface area contributed by atoms with Crippen molar-refractivity contribution in [2.75, 3.05) is 5.06 Å². The van der Waals surface area contributed by atoms with Crippen molar-refractivity contribution in [2.45, 2.75) is 37.0 Å². The van der Waals surface area contributed by atoms with E-state index in [2.05, 4.69) is 19.6 Å². The summed E-state index contributed by atoms with van der Waals surface area (Å²) >= 11 is 1.22. The van der Waals surface area contributed by atoms with Crippen molar-refractivity contribution in [1.82, 2.24) is 0 Å². The largest absolute Gasteiger partial charge is 0.320 e. The summed E-state index contributed by atoms with van der Waals surface area (Å²) in [6, 6.07) is 25.3. The van der Waals surface area contributed by atoms with Crippen LogP contribution in [-0.4, -0.2) is 13.4 Å². The van der Waals surface area contributed by atoms with Crippen LogP contribution < -0.4 is 5.06 Å². The number of hydrogen-bond acceptors (Lipinski definition) is 4. The van der Waals surface area contributed by atoms with Crippen molar-refractivity contribution < 1.29 is 13.7 Å². The number of hydroxylamine groups is 1. The molecule has 3 aromatic rings. The number of carbonyl (C=O) groups is 1. The maximum atomic E-state index is 13.6. The van der Waals surface area contributed by atoms with E-state index in [9.17, 15) is 9.18 Å². The van der Waals surface area contributed by atoms with E-state index in [1.165, 1.54) is 23.9 Å². The highest BCUT2D eigenvalue weighted by molar-refractivity contribution is 8.13. The van der Waals surface area contributed by atoms with Gasteiger partial charge in [0.15, 0.2) is 5.12 Å². The molecule has 0 heterocycles. The van der Waals surface area contributed by atoms with E-state index in [4.69, 9.17) is 4.53 Å². The van der Waals surface area contributed by atoms with Gasteiger partial charge in [0.25, 0.3) is 0 Å². The maximum absolute atomic E-state index is 13.6. The first-order valence-electron chi connectivity index (χ1n) is 9.86. The predicted molar refractivity (Wildman–Crippen MR) is 124 cm³/mol. The number of benzene rings is 3. The van der Waals surface area contributed by atoms with Crippen LogP contribution in [0.25, 0.3) is 0 Å². The highest BCUT2D eigenvalue weighted by atomic mass is 32.2. The lowest BCUT2D eigenvalue weighted by atomic mass is 10.0. The monoisotopic (exact) mass is 439 g/mol. The van der Waals surface area contributed by atoms with Crippen LogP contribution in [0.4, 0.5) is 10.1 Å². The molecule has 156 valence electrons. The van der Waals surface area contributed by atoms with Crippen molar-refractivity contribution in [3.8, 4) is 0 Å². The lowest BCUT2D eigenvalue weighted by Gasteiger charge is -2.37. The molecule has 6 heteroatoms. The summed E-state index contributed by atoms with van der Waals surface area (Å²) < 4.78 is 20.0. The van der Waals surface area contributed by atoms with Gasteiger partial charge in [0.1, 0.15) is 5.82 Å². The molecule has 0 aliphatic heterocycles. The Hall–Kier alpha value is -2.41. The molecule has 0 aliphatic carbocycles. The molecule has 0 saturated heterocycles. The van der Waals surface area contributed by atoms with Gasteiger partial charge in [-0.15, -0.1) is 0 Å². The molecule has 0 aromatic heterocycles. The second-order valence-corrected chi connectivity index (χ2v) is 13.5. The van der Waals surface area contributed by atoms with Gasteiger partial charge in [-0.25, -0.2) is 4.39 Å². The van der Waals surface area contributed by atoms with E-state index < -0.39 is 8.32 Å². The third kappa shape index (κ3) is 6.55. The van der Waals surface area contributed by atoms with E-state index in [-0.39, 0.29) is 23.4 Å². The van der Waals surface area contributed by atoms with Crippen LogP contribution in [0.5, 0.6) is 0 Å². The van der Waals surface area contributed by atoms with Crippen LogP contribution in [0.15, 0.2) is 89.8 Å². The van der Waals surface area contributed by atoms with Crippen LogP contribution in [0.2, 0.25) is 19.6 Å². The standard InChI is InChI=1S/C24H26FNO2SSi/c1-30(2,3)28-26(21-10-6-4-7-11-21)23(19-14-16-20(25)17-15-19)18-24(27)29-22-12-8-5-9-13-22/h4-17,23H,18H2,1-3H3. The Labute approximate surface area is 183 Å². The van der Waals surface area contributed by atoms with Crippen LogP contribution >= 0.6 is 11.8 Å². The minimum atomic E-state index is -2.00. The Morgan fingerprint density at radius 2 is 1.50 bits per heavy atom. The Morgan fingerprint density at radius 1 is 0.933 bits per heavy atom. The minimum Gasteiger partial charge on any atom is -0.320 e. The van der Waals surface area contributed by atoms with Crippen molar-refractivity contribution in [3.05, 3.63) is 96.3 Å². The lowest BCUT2D eigenvalue weighted by molar-refractivity contribution is -0.111. The number of thioether (sulfide) groups is 1. The summed E-state index contributed by atoms with van der Waals surface area (Å²) in [5.41, 5.74) is 1.70. The van der Waals surface area contributed by atoms with Gasteiger partial charge in [0.2, 0.25) is 8.32 Å². The molecule has 3 rings (SSSR count). The van der Waals surface area contributed by atoms with E-state index in [1.807, 2.05) is 65.7 Å². The molecule has 0 bridgehead atoms. The van der Waals surface area contributed by atoms with Crippen LogP contribution in [0.3, 0.4) is 0 Å². The molecule has 3 aromatic carbocycles. The zero-order valence-corrected chi connectivity index (χ0v) is 19.2. The Morgan fingerprint density at radius 3 is 2.07 bits per heavy atom. The number of anilines is 1. The lowest BCUT2D eigenvalue weighted by Crippen LogP contribution is -2.40. The maximum Gasteiger partial charge on any atom is 0.220 e. The number of nitrogens with zero attached hydrogens (tertiary/aromatic N) is 1. The third-order valence-electron chi connectivity index (χ3n) is 4.26. The highest BCUT2D eigenvalue weighted by Gasteiger charge is 2.30. The quantitative estimate of drug-likeness (QED) is 0.218. The molecule has 0 saturated carbocycles. The molecule has 0 spiro atoms. The smallest absolute Gasteiger partial charge is 0.220 e. The van der Waals surface area contributed by atoms with Gasteiger partial charge in [0.05, 0.1) is 11.7 Å². The van der Waals surface area contributed by atoms with Gasteiger partial charge >= 0.3 is 0 Å². The number of hydrogen-bond donors (Lipinski definition) is 0. The third-order valence-corrected chi connectivity index (χ3v) is 5.90. The number of rotatable bonds is 8. The van der Waals surface area contributed by atoms with E-state index in [0.717, 1.165) is 16.1 Å². The van der Waals surface area contributed by atoms with Gasteiger partial charge in [-0.05, 0) is 61.6 Å². The molecule has 0 aliphatic rings. The molecule has 3 nitrogen and oxygen atoms in total. The fourth-order valence-electron chi connectivity index (χ4n) is 3.01. The second kappa shape index (κ2) is 10.1. The minimum absolute atomic E-state index is 0.0237. The Bertz CT molecular complexity index is 946. The fraction of sp³-hybridized carbons (Fsp3) is 0.208. The zero-order valence-electron chi connectivity index (χ0n) is 17.4. The van der Waals surface area contributed by atoms with Gasteiger partial charge in [-0.2, -0.15) is 0 Å². The van der Waals surface area contributed by atoms with E-state index in [0.29, 0.717) is 0 Å². The topological polar surface area (TPSA) is 29.5 Å². The van der Waals surface area contributed by atoms with E-state index in [1.54, 1.807) is 12.1 Å². The molecular weight excluding hydrogens is 413 g/mol. The first kappa shape index (κ1) is 22.3. The summed E-state index contributed by atoms with van der Waals surface area (Å²) in [6.07, 6.45) is 0.227. The van der Waals surface area contributed by atoms with Crippen LogP contribution in [0.1, 0.15) is 18.0 Å². The predicted octanol–water partition coefficient (Wildman–Crippen LogP) is 6.85. The SMILES string of the molecule is C[Si](C)(C)ON(c1ccccc1)C(CC(=O)Sc1ccccc1)c1ccc(F)cc1. The first-order chi connectivity index (χ1) is 14.3. The van der Waals surface area contributed by atoms with Gasteiger partial charge in [-0.1, -0.05) is 60.3 Å². The Kier molecular flexibility index (Phi) is 7.47. The average Bonchev–Trinajstić information content (AvgIpc) is 2.72. The van der Waals surface area contributed by atoms with Gasteiger partial charge < -0.3 is 4.53 Å². The summed E-state index contributed by atoms with van der Waals surface area (Å²) in [5.74, 6) is -0.306. The number of halogens is 1. The summed E-state index contributed by atoms with van der Waals surface area (Å²) in [4.78, 5) is 13.9. The van der Waals surface area contributed by atoms with Crippen molar-refractivity contribution in [3.63, 3.8) is 0 Å². The zero-order chi connectivity index (χ0) is 21.6. The van der Waals surface area contributed by atoms with Gasteiger partial charge in [0, 0.05) is 11.3 Å². The summed E-state index contributed by atoms with van der Waals surface area (Å²) in [7, 11) is -2.00. The normalized spacial score (nSPS) is 12.4. The van der Waals surface area contributed by atoms with Gasteiger partial charge in [-0.3, -0.25) is 9.86 Å². The molecule has 0 amide bonds. The van der Waals surface area contributed by atoms with Crippen LogP contribution in [0, 0.1) is 5.82 Å². The second-order valence-electron chi connectivity index (χ2n) is 7.92. The molecule has 0 N–H and O–H groups in total. The van der Waals surface area contributed by atoms with Crippen molar-refractivity contribution in [2.24, 2.45) is 0 Å². The number of para-hydroxylation sites is 1.